The Morgan fingerprint density at radius 3 is 1.87 bits per heavy atom. The van der Waals surface area contributed by atoms with Crippen LogP contribution in [-0.4, -0.2) is 42.0 Å². The molecule has 1 unspecified atom stereocenters. The first-order valence-corrected chi connectivity index (χ1v) is 10.1. The lowest BCUT2D eigenvalue weighted by Gasteiger charge is -2.34. The Bertz CT molecular complexity index is 925. The number of carbonyl (C=O) groups excluding carboxylic acids is 3. The van der Waals surface area contributed by atoms with Crippen molar-refractivity contribution in [2.75, 3.05) is 0 Å². The Labute approximate surface area is 181 Å². The van der Waals surface area contributed by atoms with Crippen molar-refractivity contribution in [3.63, 3.8) is 0 Å². The number of rotatable bonds is 6. The van der Waals surface area contributed by atoms with Crippen LogP contribution in [0.2, 0.25) is 0 Å². The molecule has 3 rings (SSSR count). The number of carbonyl (C=O) groups is 3. The van der Waals surface area contributed by atoms with Crippen LogP contribution in [-0.2, 0) is 23.7 Å². The first-order chi connectivity index (χ1) is 14.7. The van der Waals surface area contributed by atoms with Crippen LogP contribution in [0.3, 0.4) is 0 Å². The normalized spacial score (nSPS) is 25.1. The number of ether oxygens (including phenoxy) is 4. The maximum atomic E-state index is 12.9. The van der Waals surface area contributed by atoms with Gasteiger partial charge in [-0.25, -0.2) is 9.59 Å². The Morgan fingerprint density at radius 1 is 0.871 bits per heavy atom. The predicted molar refractivity (Wildman–Crippen MR) is 111 cm³/mol. The van der Waals surface area contributed by atoms with Gasteiger partial charge in [-0.05, 0) is 37.1 Å². The summed E-state index contributed by atoms with van der Waals surface area (Å²) in [6, 6.07) is 16.9. The van der Waals surface area contributed by atoms with E-state index < -0.39 is 42.0 Å². The lowest BCUT2D eigenvalue weighted by atomic mass is 9.91. The van der Waals surface area contributed by atoms with E-state index in [9.17, 15) is 14.4 Å². The molecular formula is C24H26O7. The van der Waals surface area contributed by atoms with E-state index in [0.29, 0.717) is 11.1 Å². The smallest absolute Gasteiger partial charge is 0.339 e. The predicted octanol–water partition coefficient (Wildman–Crippen LogP) is 3.77. The molecule has 2 aromatic carbocycles. The maximum absolute atomic E-state index is 12.9. The molecule has 164 valence electrons. The van der Waals surface area contributed by atoms with Crippen molar-refractivity contribution in [2.24, 2.45) is 5.92 Å². The van der Waals surface area contributed by atoms with Gasteiger partial charge in [-0.3, -0.25) is 4.79 Å². The van der Waals surface area contributed by atoms with Crippen molar-refractivity contribution in [3.05, 3.63) is 71.8 Å². The molecule has 0 bridgehead atoms. The second-order valence-electron chi connectivity index (χ2n) is 7.92. The quantitative estimate of drug-likeness (QED) is 0.513. The molecule has 0 aliphatic carbocycles. The minimum atomic E-state index is -1.56. The van der Waals surface area contributed by atoms with Gasteiger partial charge in [0.1, 0.15) is 6.10 Å². The molecule has 0 spiro atoms. The Morgan fingerprint density at radius 2 is 1.39 bits per heavy atom. The molecule has 7 nitrogen and oxygen atoms in total. The average molecular weight is 426 g/mol. The summed E-state index contributed by atoms with van der Waals surface area (Å²) in [4.78, 5) is 37.4. The van der Waals surface area contributed by atoms with Crippen molar-refractivity contribution in [1.82, 2.24) is 0 Å². The average Bonchev–Trinajstić information content (AvgIpc) is 3.00. The minimum Gasteiger partial charge on any atom is -0.451 e. The summed E-state index contributed by atoms with van der Waals surface area (Å²) in [7, 11) is 0. The van der Waals surface area contributed by atoms with Crippen molar-refractivity contribution in [1.29, 1.82) is 0 Å². The van der Waals surface area contributed by atoms with E-state index in [4.69, 9.17) is 18.9 Å². The SMILES string of the molecule is CC(=O)OC1O[C@H](C(C)C)[C@@H](OC(=O)c2ccccc2)[C@@]1(C)OC(=O)c1ccccc1. The highest BCUT2D eigenvalue weighted by atomic mass is 16.8. The molecule has 31 heavy (non-hydrogen) atoms. The van der Waals surface area contributed by atoms with Gasteiger partial charge in [0.15, 0.2) is 6.10 Å². The fraction of sp³-hybridized carbons (Fsp3) is 0.375. The van der Waals surface area contributed by atoms with Crippen LogP contribution in [0.15, 0.2) is 60.7 Å². The van der Waals surface area contributed by atoms with E-state index in [1.807, 2.05) is 13.8 Å². The lowest BCUT2D eigenvalue weighted by Crippen LogP contribution is -2.52. The Balaban J connectivity index is 1.96. The van der Waals surface area contributed by atoms with E-state index in [1.165, 1.54) is 6.92 Å². The van der Waals surface area contributed by atoms with Crippen LogP contribution >= 0.6 is 0 Å². The molecule has 0 saturated carbocycles. The molecule has 1 fully saturated rings. The molecule has 1 heterocycles. The zero-order valence-corrected chi connectivity index (χ0v) is 17.9. The standard InChI is InChI=1S/C24H26O7/c1-15(2)19-20(30-21(26)17-11-7-5-8-12-17)24(4,23(29-19)28-16(3)25)31-22(27)18-13-9-6-10-14-18/h5-15,19-20,23H,1-4H3/t19-,20-,23?,24-/m1/s1. The summed E-state index contributed by atoms with van der Waals surface area (Å²) in [5, 5.41) is 0. The van der Waals surface area contributed by atoms with Gasteiger partial charge in [-0.2, -0.15) is 0 Å². The molecule has 1 saturated heterocycles. The van der Waals surface area contributed by atoms with Gasteiger partial charge in [0.25, 0.3) is 0 Å². The minimum absolute atomic E-state index is 0.121. The molecule has 1 aliphatic rings. The van der Waals surface area contributed by atoms with Crippen molar-refractivity contribution in [3.8, 4) is 0 Å². The highest BCUT2D eigenvalue weighted by Crippen LogP contribution is 2.41. The van der Waals surface area contributed by atoms with Crippen LogP contribution in [0, 0.1) is 5.92 Å². The van der Waals surface area contributed by atoms with Gasteiger partial charge in [0.05, 0.1) is 11.1 Å². The summed E-state index contributed by atoms with van der Waals surface area (Å²) < 4.78 is 22.9. The van der Waals surface area contributed by atoms with Crippen molar-refractivity contribution in [2.45, 2.75) is 51.8 Å². The first kappa shape index (κ1) is 22.5. The van der Waals surface area contributed by atoms with Crippen LogP contribution < -0.4 is 0 Å². The summed E-state index contributed by atoms with van der Waals surface area (Å²) in [6.45, 7) is 6.54. The van der Waals surface area contributed by atoms with Crippen LogP contribution in [0.4, 0.5) is 0 Å². The molecule has 4 atom stereocenters. The van der Waals surface area contributed by atoms with Gasteiger partial charge in [0, 0.05) is 6.92 Å². The molecule has 1 aliphatic heterocycles. The zero-order chi connectivity index (χ0) is 22.6. The fourth-order valence-electron chi connectivity index (χ4n) is 3.49. The molecule has 0 radical (unpaired) electrons. The number of hydrogen-bond donors (Lipinski definition) is 0. The molecule has 0 amide bonds. The third kappa shape index (κ3) is 4.94. The number of esters is 3. The third-order valence-electron chi connectivity index (χ3n) is 5.11. The van der Waals surface area contributed by atoms with E-state index in [-0.39, 0.29) is 5.92 Å². The molecule has 0 N–H and O–H groups in total. The van der Waals surface area contributed by atoms with E-state index >= 15 is 0 Å². The van der Waals surface area contributed by atoms with Crippen molar-refractivity contribution < 1.29 is 33.3 Å². The molecular weight excluding hydrogens is 400 g/mol. The highest BCUT2D eigenvalue weighted by Gasteiger charge is 2.61. The van der Waals surface area contributed by atoms with Crippen LogP contribution in [0.25, 0.3) is 0 Å². The van der Waals surface area contributed by atoms with Crippen LogP contribution in [0.5, 0.6) is 0 Å². The summed E-state index contributed by atoms with van der Waals surface area (Å²) in [5.74, 6) is -1.97. The maximum Gasteiger partial charge on any atom is 0.339 e. The number of hydrogen-bond acceptors (Lipinski definition) is 7. The lowest BCUT2D eigenvalue weighted by molar-refractivity contribution is -0.206. The Kier molecular flexibility index (Phi) is 6.75. The summed E-state index contributed by atoms with van der Waals surface area (Å²) >= 11 is 0. The fourth-order valence-corrected chi connectivity index (χ4v) is 3.49. The van der Waals surface area contributed by atoms with Gasteiger partial charge in [-0.1, -0.05) is 50.2 Å². The topological polar surface area (TPSA) is 88.1 Å². The first-order valence-electron chi connectivity index (χ1n) is 10.1. The molecule has 0 aromatic heterocycles. The van der Waals surface area contributed by atoms with Gasteiger partial charge < -0.3 is 18.9 Å². The summed E-state index contributed by atoms with van der Waals surface area (Å²) in [6.07, 6.45) is -2.90. The second kappa shape index (κ2) is 9.31. The van der Waals surface area contributed by atoms with E-state index in [0.717, 1.165) is 0 Å². The van der Waals surface area contributed by atoms with Gasteiger partial charge >= 0.3 is 17.9 Å². The molecule has 7 heteroatoms. The van der Waals surface area contributed by atoms with Gasteiger partial charge in [-0.15, -0.1) is 0 Å². The zero-order valence-electron chi connectivity index (χ0n) is 17.9. The highest BCUT2D eigenvalue weighted by molar-refractivity contribution is 5.90. The van der Waals surface area contributed by atoms with E-state index in [1.54, 1.807) is 67.6 Å². The van der Waals surface area contributed by atoms with Crippen molar-refractivity contribution >= 4 is 17.9 Å². The Hall–Kier alpha value is -3.19. The largest absolute Gasteiger partial charge is 0.451 e. The molecule has 2 aromatic rings. The van der Waals surface area contributed by atoms with Crippen LogP contribution in [0.1, 0.15) is 48.4 Å². The second-order valence-corrected chi connectivity index (χ2v) is 7.92. The third-order valence-corrected chi connectivity index (χ3v) is 5.11. The summed E-state index contributed by atoms with van der Waals surface area (Å²) in [5.41, 5.74) is -0.901. The monoisotopic (exact) mass is 426 g/mol. The number of benzene rings is 2. The van der Waals surface area contributed by atoms with Gasteiger partial charge in [0.2, 0.25) is 11.9 Å². The van der Waals surface area contributed by atoms with E-state index in [2.05, 4.69) is 0 Å².